The summed E-state index contributed by atoms with van der Waals surface area (Å²) in [6.07, 6.45) is 1.18. The van der Waals surface area contributed by atoms with Crippen LogP contribution in [0.4, 0.5) is 0 Å². The van der Waals surface area contributed by atoms with Gasteiger partial charge in [0, 0.05) is 6.08 Å². The van der Waals surface area contributed by atoms with Crippen LogP contribution in [-0.2, 0) is 19.1 Å². The zero-order valence-corrected chi connectivity index (χ0v) is 11.4. The van der Waals surface area contributed by atoms with Gasteiger partial charge in [-0.25, -0.2) is 9.59 Å². The topological polar surface area (TPSA) is 52.6 Å². The number of aryl methyl sites for hydroxylation is 1. The largest absolute Gasteiger partial charge is 0.463 e. The summed E-state index contributed by atoms with van der Waals surface area (Å²) in [5, 5.41) is 0. The minimum absolute atomic E-state index is 0.212. The molecule has 19 heavy (non-hydrogen) atoms. The van der Waals surface area contributed by atoms with Crippen molar-refractivity contribution in [2.24, 2.45) is 0 Å². The molecular weight excluding hydrogens is 244 g/mol. The van der Waals surface area contributed by atoms with E-state index >= 15 is 0 Å². The Kier molecular flexibility index (Phi) is 5.79. The fraction of sp³-hybridized carbons (Fsp3) is 0.333. The highest BCUT2D eigenvalue weighted by molar-refractivity contribution is 6.20. The Morgan fingerprint density at radius 1 is 1.16 bits per heavy atom. The first-order valence-electron chi connectivity index (χ1n) is 6.21. The molecule has 0 amide bonds. The number of benzene rings is 1. The molecule has 4 nitrogen and oxygen atoms in total. The second-order valence-corrected chi connectivity index (χ2v) is 3.90. The van der Waals surface area contributed by atoms with Crippen LogP contribution in [0.1, 0.15) is 25.0 Å². The summed E-state index contributed by atoms with van der Waals surface area (Å²) in [6, 6.07) is 7.32. The average molecular weight is 262 g/mol. The molecule has 1 rings (SSSR count). The molecule has 0 N–H and O–H groups in total. The Hall–Kier alpha value is -2.10. The highest BCUT2D eigenvalue weighted by Crippen LogP contribution is 2.18. The zero-order valence-electron chi connectivity index (χ0n) is 11.4. The van der Waals surface area contributed by atoms with Crippen LogP contribution in [0.2, 0.25) is 0 Å². The molecule has 0 aliphatic heterocycles. The quantitative estimate of drug-likeness (QED) is 0.604. The molecular formula is C15H18O4. The van der Waals surface area contributed by atoms with Gasteiger partial charge in [0.05, 0.1) is 18.8 Å². The molecule has 0 fully saturated rings. The highest BCUT2D eigenvalue weighted by Gasteiger charge is 2.15. The van der Waals surface area contributed by atoms with Gasteiger partial charge in [-0.1, -0.05) is 29.8 Å². The molecule has 4 heteroatoms. The fourth-order valence-corrected chi connectivity index (χ4v) is 1.58. The number of carbonyl (C=O) groups is 2. The van der Waals surface area contributed by atoms with Gasteiger partial charge in [0.15, 0.2) is 0 Å². The maximum absolute atomic E-state index is 11.9. The summed E-state index contributed by atoms with van der Waals surface area (Å²) in [7, 11) is 0. The van der Waals surface area contributed by atoms with E-state index in [0.717, 1.165) is 5.56 Å². The normalized spacial score (nSPS) is 11.0. The van der Waals surface area contributed by atoms with Crippen LogP contribution < -0.4 is 0 Å². The van der Waals surface area contributed by atoms with Crippen molar-refractivity contribution in [2.45, 2.75) is 20.8 Å². The molecule has 1 aromatic carbocycles. The van der Waals surface area contributed by atoms with E-state index in [2.05, 4.69) is 0 Å². The molecule has 0 bridgehead atoms. The number of carbonyl (C=O) groups excluding carboxylic acids is 2. The minimum atomic E-state index is -0.549. The third kappa shape index (κ3) is 4.58. The van der Waals surface area contributed by atoms with Gasteiger partial charge in [0.25, 0.3) is 0 Å². The van der Waals surface area contributed by atoms with Crippen LogP contribution >= 0.6 is 0 Å². The van der Waals surface area contributed by atoms with Gasteiger partial charge in [0.1, 0.15) is 0 Å². The summed E-state index contributed by atoms with van der Waals surface area (Å²) in [4.78, 5) is 23.4. The lowest BCUT2D eigenvalue weighted by molar-refractivity contribution is -0.139. The number of ether oxygens (including phenoxy) is 2. The molecule has 0 heterocycles. The molecule has 0 saturated carbocycles. The van der Waals surface area contributed by atoms with E-state index in [9.17, 15) is 9.59 Å². The van der Waals surface area contributed by atoms with Gasteiger partial charge in [0.2, 0.25) is 0 Å². The van der Waals surface area contributed by atoms with Crippen LogP contribution in [0, 0.1) is 6.92 Å². The van der Waals surface area contributed by atoms with Gasteiger partial charge in [-0.15, -0.1) is 0 Å². The van der Waals surface area contributed by atoms with Crippen molar-refractivity contribution in [1.82, 2.24) is 0 Å². The molecule has 0 radical (unpaired) electrons. The summed E-state index contributed by atoms with van der Waals surface area (Å²) < 4.78 is 9.79. The van der Waals surface area contributed by atoms with Crippen molar-refractivity contribution in [3.63, 3.8) is 0 Å². The molecule has 0 aromatic heterocycles. The van der Waals surface area contributed by atoms with Gasteiger partial charge < -0.3 is 9.47 Å². The van der Waals surface area contributed by atoms with Gasteiger partial charge in [-0.05, 0) is 26.3 Å². The Bertz CT molecular complexity index is 489. The predicted molar refractivity (Wildman–Crippen MR) is 72.4 cm³/mol. The average Bonchev–Trinajstić information content (AvgIpc) is 2.36. The van der Waals surface area contributed by atoms with Crippen LogP contribution in [0.15, 0.2) is 30.3 Å². The highest BCUT2D eigenvalue weighted by atomic mass is 16.5. The predicted octanol–water partition coefficient (Wildman–Crippen LogP) is 2.50. The third-order valence-electron chi connectivity index (χ3n) is 2.37. The van der Waals surface area contributed by atoms with Crippen molar-refractivity contribution in [1.29, 1.82) is 0 Å². The molecule has 0 spiro atoms. The van der Waals surface area contributed by atoms with Crippen molar-refractivity contribution in [3.05, 3.63) is 41.5 Å². The molecule has 0 atom stereocenters. The molecule has 0 saturated heterocycles. The minimum Gasteiger partial charge on any atom is -0.463 e. The maximum Gasteiger partial charge on any atom is 0.338 e. The van der Waals surface area contributed by atoms with E-state index < -0.39 is 11.9 Å². The van der Waals surface area contributed by atoms with Gasteiger partial charge in [-0.2, -0.15) is 0 Å². The van der Waals surface area contributed by atoms with Crippen LogP contribution in [-0.4, -0.2) is 25.2 Å². The van der Waals surface area contributed by atoms with E-state index in [0.29, 0.717) is 5.56 Å². The van der Waals surface area contributed by atoms with Crippen LogP contribution in [0.25, 0.3) is 5.57 Å². The summed E-state index contributed by atoms with van der Waals surface area (Å²) in [5.74, 6) is -1.08. The van der Waals surface area contributed by atoms with E-state index in [4.69, 9.17) is 9.47 Å². The lowest BCUT2D eigenvalue weighted by Gasteiger charge is -2.08. The van der Waals surface area contributed by atoms with Crippen molar-refractivity contribution in [3.8, 4) is 0 Å². The molecule has 0 aliphatic rings. The second-order valence-electron chi connectivity index (χ2n) is 3.90. The molecule has 1 aromatic rings. The van der Waals surface area contributed by atoms with E-state index in [1.807, 2.05) is 25.1 Å². The van der Waals surface area contributed by atoms with E-state index in [-0.39, 0.29) is 18.8 Å². The lowest BCUT2D eigenvalue weighted by atomic mass is 10.0. The van der Waals surface area contributed by atoms with Crippen LogP contribution in [0.3, 0.4) is 0 Å². The first kappa shape index (κ1) is 15.0. The summed E-state index contributed by atoms with van der Waals surface area (Å²) >= 11 is 0. The van der Waals surface area contributed by atoms with Crippen molar-refractivity contribution in [2.75, 3.05) is 13.2 Å². The Labute approximate surface area is 113 Å². The summed E-state index contributed by atoms with van der Waals surface area (Å²) in [6.45, 7) is 5.86. The Balaban J connectivity index is 3.12. The molecule has 0 aliphatic carbocycles. The Morgan fingerprint density at radius 3 is 2.42 bits per heavy atom. The van der Waals surface area contributed by atoms with Crippen molar-refractivity contribution >= 4 is 17.5 Å². The monoisotopic (exact) mass is 262 g/mol. The van der Waals surface area contributed by atoms with Gasteiger partial charge in [-0.3, -0.25) is 0 Å². The SMILES string of the molecule is CCOC(=O)/C=C(\C(=O)OCC)c1cccc(C)c1. The number of hydrogen-bond donors (Lipinski definition) is 0. The van der Waals surface area contributed by atoms with E-state index in [1.165, 1.54) is 6.08 Å². The molecule has 102 valence electrons. The van der Waals surface area contributed by atoms with Gasteiger partial charge >= 0.3 is 11.9 Å². The fourth-order valence-electron chi connectivity index (χ4n) is 1.58. The zero-order chi connectivity index (χ0) is 14.3. The second kappa shape index (κ2) is 7.36. The Morgan fingerprint density at radius 2 is 1.84 bits per heavy atom. The first-order chi connectivity index (χ1) is 9.08. The number of rotatable bonds is 5. The molecule has 0 unspecified atom stereocenters. The third-order valence-corrected chi connectivity index (χ3v) is 2.37. The summed E-state index contributed by atoms with van der Waals surface area (Å²) in [5.41, 5.74) is 1.85. The van der Waals surface area contributed by atoms with E-state index in [1.54, 1.807) is 19.9 Å². The number of hydrogen-bond acceptors (Lipinski definition) is 4. The smallest absolute Gasteiger partial charge is 0.338 e. The number of esters is 2. The lowest BCUT2D eigenvalue weighted by Crippen LogP contribution is -2.10. The first-order valence-corrected chi connectivity index (χ1v) is 6.21. The maximum atomic E-state index is 11.9. The van der Waals surface area contributed by atoms with Crippen LogP contribution in [0.5, 0.6) is 0 Å². The van der Waals surface area contributed by atoms with Crippen molar-refractivity contribution < 1.29 is 19.1 Å². The standard InChI is InChI=1S/C15H18O4/c1-4-18-14(16)10-13(15(17)19-5-2)12-8-6-7-11(3)9-12/h6-10H,4-5H2,1-3H3/b13-10-.